The molecular weight excluding hydrogens is 333 g/mol. The highest BCUT2D eigenvalue weighted by molar-refractivity contribution is 5.63. The molecule has 0 aliphatic heterocycles. The molecule has 2 heterocycles. The van der Waals surface area contributed by atoms with Gasteiger partial charge in [0.2, 0.25) is 0 Å². The third kappa shape index (κ3) is 3.39. The Morgan fingerprint density at radius 3 is 2.72 bits per heavy atom. The highest BCUT2D eigenvalue weighted by atomic mass is 19.4. The molecule has 8 heteroatoms. The van der Waals surface area contributed by atoms with Gasteiger partial charge in [-0.15, -0.1) is 0 Å². The van der Waals surface area contributed by atoms with Crippen molar-refractivity contribution >= 4 is 11.5 Å². The number of hydrogen-bond donors (Lipinski definition) is 2. The van der Waals surface area contributed by atoms with Crippen molar-refractivity contribution in [2.24, 2.45) is 5.92 Å². The van der Waals surface area contributed by atoms with E-state index >= 15 is 0 Å². The summed E-state index contributed by atoms with van der Waals surface area (Å²) in [6.45, 7) is 5.84. The number of alkyl halides is 3. The van der Waals surface area contributed by atoms with Crippen LogP contribution in [0.4, 0.5) is 19.0 Å². The van der Waals surface area contributed by atoms with Gasteiger partial charge >= 0.3 is 6.18 Å². The smallest absolute Gasteiger partial charge is 0.385 e. The number of pyridine rings is 1. The van der Waals surface area contributed by atoms with E-state index in [9.17, 15) is 18.3 Å². The zero-order valence-electron chi connectivity index (χ0n) is 13.7. The lowest BCUT2D eigenvalue weighted by atomic mass is 10.1. The molecule has 5 nitrogen and oxygen atoms in total. The van der Waals surface area contributed by atoms with Gasteiger partial charge in [-0.3, -0.25) is 0 Å². The summed E-state index contributed by atoms with van der Waals surface area (Å²) in [4.78, 5) is 8.01. The van der Waals surface area contributed by atoms with Crippen LogP contribution in [0.3, 0.4) is 0 Å². The number of nitrogen functional groups attached to an aromatic ring is 1. The van der Waals surface area contributed by atoms with Crippen LogP contribution in [0.2, 0.25) is 0 Å². The Balaban J connectivity index is 2.07. The van der Waals surface area contributed by atoms with Crippen molar-refractivity contribution in [3.05, 3.63) is 36.4 Å². The zero-order chi connectivity index (χ0) is 18.4. The summed E-state index contributed by atoms with van der Waals surface area (Å²) < 4.78 is 40.8. The molecule has 1 saturated carbocycles. The van der Waals surface area contributed by atoms with E-state index in [0.29, 0.717) is 23.6 Å². The molecule has 134 valence electrons. The second kappa shape index (κ2) is 6.18. The molecule has 0 radical (unpaired) electrons. The van der Waals surface area contributed by atoms with E-state index in [-0.39, 0.29) is 11.5 Å². The lowest BCUT2D eigenvalue weighted by molar-refractivity contribution is -0.137. The van der Waals surface area contributed by atoms with Gasteiger partial charge in [0.05, 0.1) is 11.3 Å². The molecule has 2 aromatic rings. The van der Waals surface area contributed by atoms with E-state index in [2.05, 4.69) is 16.5 Å². The van der Waals surface area contributed by atoms with Crippen LogP contribution in [0.5, 0.6) is 0 Å². The van der Waals surface area contributed by atoms with Gasteiger partial charge in [-0.05, 0) is 31.2 Å². The van der Waals surface area contributed by atoms with E-state index in [1.165, 1.54) is 6.20 Å². The van der Waals surface area contributed by atoms with E-state index < -0.39 is 23.7 Å². The Bertz CT molecular complexity index is 809. The Kier molecular flexibility index (Phi) is 4.32. The maximum atomic E-state index is 13.1. The average molecular weight is 352 g/mol. The summed E-state index contributed by atoms with van der Waals surface area (Å²) in [5, 5.41) is 10.4. The fourth-order valence-corrected chi connectivity index (χ4v) is 2.63. The van der Waals surface area contributed by atoms with Gasteiger partial charge in [0.15, 0.2) is 0 Å². The molecule has 1 atom stereocenters. The summed E-state index contributed by atoms with van der Waals surface area (Å²) in [7, 11) is 0. The lowest BCUT2D eigenvalue weighted by Crippen LogP contribution is -2.10. The third-order valence-corrected chi connectivity index (χ3v) is 4.33. The molecule has 3 rings (SSSR count). The number of halogens is 3. The number of aliphatic hydroxyl groups is 1. The number of aliphatic hydroxyl groups excluding tert-OH is 1. The minimum Gasteiger partial charge on any atom is -0.385 e. The van der Waals surface area contributed by atoms with Gasteiger partial charge in [0.1, 0.15) is 17.7 Å². The van der Waals surface area contributed by atoms with Crippen molar-refractivity contribution in [1.82, 2.24) is 14.5 Å². The maximum absolute atomic E-state index is 13.1. The first-order valence-electron chi connectivity index (χ1n) is 8.01. The number of nitrogens with zero attached hydrogens (tertiary/aromatic N) is 3. The van der Waals surface area contributed by atoms with Crippen molar-refractivity contribution in [2.75, 3.05) is 5.73 Å². The summed E-state index contributed by atoms with van der Waals surface area (Å²) in [5.41, 5.74) is 5.53. The van der Waals surface area contributed by atoms with E-state index in [0.717, 1.165) is 18.9 Å². The summed E-state index contributed by atoms with van der Waals surface area (Å²) in [5.74, 6) is -0.0458. The number of imidazole rings is 1. The first kappa shape index (κ1) is 17.5. The highest BCUT2D eigenvalue weighted by Crippen LogP contribution is 2.42. The van der Waals surface area contributed by atoms with Crippen LogP contribution in [-0.4, -0.2) is 19.6 Å². The predicted molar refractivity (Wildman–Crippen MR) is 88.2 cm³/mol. The van der Waals surface area contributed by atoms with E-state index in [1.807, 2.05) is 6.92 Å². The topological polar surface area (TPSA) is 77.0 Å². The van der Waals surface area contributed by atoms with Crippen LogP contribution < -0.4 is 5.73 Å². The second-order valence-electron chi connectivity index (χ2n) is 6.21. The Morgan fingerprint density at radius 1 is 1.48 bits per heavy atom. The van der Waals surface area contributed by atoms with Crippen molar-refractivity contribution in [3.8, 4) is 11.3 Å². The molecule has 0 amide bonds. The predicted octanol–water partition coefficient (Wildman–Crippen LogP) is 3.87. The zero-order valence-corrected chi connectivity index (χ0v) is 13.7. The fraction of sp³-hybridized carbons (Fsp3) is 0.412. The first-order valence-corrected chi connectivity index (χ1v) is 8.01. The molecule has 1 fully saturated rings. The van der Waals surface area contributed by atoms with Crippen molar-refractivity contribution in [3.63, 3.8) is 0 Å². The molecule has 0 bridgehead atoms. The van der Waals surface area contributed by atoms with Crippen LogP contribution in [0.25, 0.3) is 17.0 Å². The van der Waals surface area contributed by atoms with Gasteiger partial charge in [-0.1, -0.05) is 13.5 Å². The van der Waals surface area contributed by atoms with Crippen LogP contribution in [0.15, 0.2) is 25.0 Å². The first-order chi connectivity index (χ1) is 11.7. The SMILES string of the molecule is C=C(CC)n1cc(-c2cnc(N)c(C(F)(F)F)c2)nc1C(O)C1CC1. The van der Waals surface area contributed by atoms with Gasteiger partial charge in [0.25, 0.3) is 0 Å². The second-order valence-corrected chi connectivity index (χ2v) is 6.21. The molecule has 0 aromatic carbocycles. The van der Waals surface area contributed by atoms with Crippen molar-refractivity contribution in [1.29, 1.82) is 0 Å². The minimum atomic E-state index is -4.60. The summed E-state index contributed by atoms with van der Waals surface area (Å²) >= 11 is 0. The fourth-order valence-electron chi connectivity index (χ4n) is 2.63. The molecular formula is C17H19F3N4O. The molecule has 0 saturated heterocycles. The lowest BCUT2D eigenvalue weighted by Gasteiger charge is -2.13. The van der Waals surface area contributed by atoms with Gasteiger partial charge in [0, 0.05) is 23.7 Å². The number of nitrogens with two attached hydrogens (primary N) is 1. The van der Waals surface area contributed by atoms with Gasteiger partial charge in [-0.2, -0.15) is 13.2 Å². The van der Waals surface area contributed by atoms with Crippen LogP contribution in [0.1, 0.15) is 43.7 Å². The minimum absolute atomic E-state index is 0.133. The molecule has 3 N–H and O–H groups in total. The van der Waals surface area contributed by atoms with Crippen LogP contribution in [0, 0.1) is 5.92 Å². The highest BCUT2D eigenvalue weighted by Gasteiger charge is 2.36. The molecule has 0 spiro atoms. The molecule has 1 aliphatic carbocycles. The van der Waals surface area contributed by atoms with E-state index in [1.54, 1.807) is 10.8 Å². The monoisotopic (exact) mass is 352 g/mol. The summed E-state index contributed by atoms with van der Waals surface area (Å²) in [6, 6.07) is 0.928. The van der Waals surface area contributed by atoms with Crippen molar-refractivity contribution in [2.45, 2.75) is 38.5 Å². The summed E-state index contributed by atoms with van der Waals surface area (Å²) in [6.07, 6.45) is -0.0968. The standard InChI is InChI=1S/C17H19F3N4O/c1-3-9(2)24-8-13(23-16(24)14(25)10-4-5-10)11-6-12(17(18,19)20)15(21)22-7-11/h6-8,10,14,25H,2-5H2,1H3,(H2,21,22). The maximum Gasteiger partial charge on any atom is 0.419 e. The van der Waals surface area contributed by atoms with E-state index in [4.69, 9.17) is 5.73 Å². The normalized spacial score (nSPS) is 16.0. The number of hydrogen-bond acceptors (Lipinski definition) is 4. The molecule has 25 heavy (non-hydrogen) atoms. The Morgan fingerprint density at radius 2 is 2.16 bits per heavy atom. The largest absolute Gasteiger partial charge is 0.419 e. The Hall–Kier alpha value is -2.35. The number of anilines is 1. The average Bonchev–Trinajstić information content (AvgIpc) is 3.31. The molecule has 1 aliphatic rings. The third-order valence-electron chi connectivity index (χ3n) is 4.33. The number of rotatable bonds is 5. The number of allylic oxidation sites excluding steroid dienone is 1. The molecule has 1 unspecified atom stereocenters. The number of aromatic nitrogens is 3. The van der Waals surface area contributed by atoms with Crippen LogP contribution >= 0.6 is 0 Å². The van der Waals surface area contributed by atoms with Gasteiger partial charge < -0.3 is 15.4 Å². The van der Waals surface area contributed by atoms with Crippen molar-refractivity contribution < 1.29 is 18.3 Å². The molecule has 2 aromatic heterocycles. The van der Waals surface area contributed by atoms with Gasteiger partial charge in [-0.25, -0.2) is 9.97 Å². The quantitative estimate of drug-likeness (QED) is 0.856. The van der Waals surface area contributed by atoms with Crippen LogP contribution in [-0.2, 0) is 6.18 Å². The Labute approximate surface area is 143 Å².